The van der Waals surface area contributed by atoms with Crippen LogP contribution in [0, 0.1) is 0 Å². The predicted octanol–water partition coefficient (Wildman–Crippen LogP) is 1.61. The number of carbonyl (C=O) groups excluding carboxylic acids is 2. The second-order valence-corrected chi connectivity index (χ2v) is 3.28. The van der Waals surface area contributed by atoms with Crippen LogP contribution in [0.1, 0.15) is 22.8 Å². The summed E-state index contributed by atoms with van der Waals surface area (Å²) >= 11 is 0. The molecule has 0 saturated heterocycles. The maximum Gasteiger partial charge on any atom is 0.302 e. The highest BCUT2D eigenvalue weighted by atomic mass is 16.5. The molecule has 0 atom stereocenters. The molecule has 0 amide bonds. The Morgan fingerprint density at radius 2 is 2.19 bits per heavy atom. The smallest absolute Gasteiger partial charge is 0.302 e. The van der Waals surface area contributed by atoms with Gasteiger partial charge in [0.25, 0.3) is 0 Å². The summed E-state index contributed by atoms with van der Waals surface area (Å²) in [6.07, 6.45) is 1.33. The molecule has 0 saturated carbocycles. The lowest BCUT2D eigenvalue weighted by Crippen LogP contribution is -2.04. The summed E-state index contributed by atoms with van der Waals surface area (Å²) in [5.74, 6) is 0.334. The van der Waals surface area contributed by atoms with Crippen LogP contribution in [-0.2, 0) is 16.0 Å². The topological polar surface area (TPSA) is 52.6 Å². The second-order valence-electron chi connectivity index (χ2n) is 3.28. The van der Waals surface area contributed by atoms with E-state index in [0.29, 0.717) is 24.3 Å². The maximum atomic E-state index is 10.6. The van der Waals surface area contributed by atoms with Crippen LogP contribution < -0.4 is 4.74 Å². The molecular weight excluding hydrogens is 208 g/mol. The third-order valence-corrected chi connectivity index (χ3v) is 2.12. The van der Waals surface area contributed by atoms with Gasteiger partial charge in [-0.3, -0.25) is 9.59 Å². The number of aldehydes is 1. The van der Waals surface area contributed by atoms with Crippen molar-refractivity contribution in [2.75, 3.05) is 13.7 Å². The van der Waals surface area contributed by atoms with Crippen molar-refractivity contribution in [1.29, 1.82) is 0 Å². The van der Waals surface area contributed by atoms with Crippen LogP contribution in [0.5, 0.6) is 5.75 Å². The van der Waals surface area contributed by atoms with Crippen molar-refractivity contribution < 1.29 is 19.1 Å². The van der Waals surface area contributed by atoms with Gasteiger partial charge < -0.3 is 9.47 Å². The quantitative estimate of drug-likeness (QED) is 0.561. The first-order chi connectivity index (χ1) is 7.67. The molecule has 16 heavy (non-hydrogen) atoms. The van der Waals surface area contributed by atoms with Gasteiger partial charge in [0.05, 0.1) is 13.7 Å². The number of esters is 1. The molecule has 1 aromatic carbocycles. The van der Waals surface area contributed by atoms with E-state index in [1.54, 1.807) is 25.3 Å². The van der Waals surface area contributed by atoms with E-state index in [1.807, 2.05) is 0 Å². The lowest BCUT2D eigenvalue weighted by molar-refractivity contribution is -0.140. The van der Waals surface area contributed by atoms with E-state index in [-0.39, 0.29) is 5.97 Å². The Balaban J connectivity index is 2.71. The Bertz CT molecular complexity index is 385. The Kier molecular flexibility index (Phi) is 4.51. The molecule has 0 aliphatic heterocycles. The van der Waals surface area contributed by atoms with Crippen molar-refractivity contribution in [3.05, 3.63) is 29.3 Å². The fourth-order valence-corrected chi connectivity index (χ4v) is 1.35. The monoisotopic (exact) mass is 222 g/mol. The fraction of sp³-hybridized carbons (Fsp3) is 0.333. The van der Waals surface area contributed by atoms with Crippen LogP contribution in [0.2, 0.25) is 0 Å². The van der Waals surface area contributed by atoms with Gasteiger partial charge in [-0.25, -0.2) is 0 Å². The largest absolute Gasteiger partial charge is 0.496 e. The molecule has 0 spiro atoms. The van der Waals surface area contributed by atoms with Gasteiger partial charge in [-0.15, -0.1) is 0 Å². The minimum Gasteiger partial charge on any atom is -0.496 e. The molecule has 4 heteroatoms. The zero-order valence-corrected chi connectivity index (χ0v) is 9.36. The summed E-state index contributed by atoms with van der Waals surface area (Å²) in [7, 11) is 1.54. The van der Waals surface area contributed by atoms with Gasteiger partial charge in [-0.1, -0.05) is 12.1 Å². The standard InChI is InChI=1S/C12H14O4/c1-9(14)16-6-5-11-4-3-10(8-13)7-12(11)15-2/h3-4,7-8H,5-6H2,1-2H3. The van der Waals surface area contributed by atoms with Crippen molar-refractivity contribution in [3.63, 3.8) is 0 Å². The van der Waals surface area contributed by atoms with Gasteiger partial charge >= 0.3 is 5.97 Å². The van der Waals surface area contributed by atoms with E-state index in [1.165, 1.54) is 6.92 Å². The molecule has 4 nitrogen and oxygen atoms in total. The number of hydrogen-bond acceptors (Lipinski definition) is 4. The Hall–Kier alpha value is -1.84. The molecule has 0 unspecified atom stereocenters. The van der Waals surface area contributed by atoms with Crippen molar-refractivity contribution in [2.24, 2.45) is 0 Å². The van der Waals surface area contributed by atoms with Crippen LogP contribution in [0.15, 0.2) is 18.2 Å². The highest BCUT2D eigenvalue weighted by Gasteiger charge is 2.04. The summed E-state index contributed by atoms with van der Waals surface area (Å²) in [5, 5.41) is 0. The lowest BCUT2D eigenvalue weighted by Gasteiger charge is -2.08. The summed E-state index contributed by atoms with van der Waals surface area (Å²) in [4.78, 5) is 21.2. The van der Waals surface area contributed by atoms with Gasteiger partial charge in [-0.2, -0.15) is 0 Å². The second kappa shape index (κ2) is 5.90. The average molecular weight is 222 g/mol. The number of benzene rings is 1. The minimum absolute atomic E-state index is 0.302. The van der Waals surface area contributed by atoms with Crippen LogP contribution in [0.3, 0.4) is 0 Å². The lowest BCUT2D eigenvalue weighted by atomic mass is 10.1. The van der Waals surface area contributed by atoms with E-state index in [4.69, 9.17) is 9.47 Å². The van der Waals surface area contributed by atoms with Gasteiger partial charge in [0.15, 0.2) is 0 Å². The molecule has 0 fully saturated rings. The molecule has 86 valence electrons. The van der Waals surface area contributed by atoms with Gasteiger partial charge in [0, 0.05) is 18.9 Å². The molecule has 0 aromatic heterocycles. The molecule has 0 radical (unpaired) electrons. The first kappa shape index (κ1) is 12.2. The van der Waals surface area contributed by atoms with Crippen molar-refractivity contribution in [1.82, 2.24) is 0 Å². The van der Waals surface area contributed by atoms with Crippen LogP contribution in [0.4, 0.5) is 0 Å². The summed E-state index contributed by atoms with van der Waals surface area (Å²) in [5.41, 5.74) is 1.47. The Labute approximate surface area is 94.2 Å². The third kappa shape index (κ3) is 3.38. The number of rotatable bonds is 5. The number of methoxy groups -OCH3 is 1. The average Bonchev–Trinajstić information content (AvgIpc) is 2.29. The highest BCUT2D eigenvalue weighted by molar-refractivity contribution is 5.75. The molecule has 0 N–H and O–H groups in total. The number of ether oxygens (including phenoxy) is 2. The Morgan fingerprint density at radius 3 is 2.75 bits per heavy atom. The zero-order chi connectivity index (χ0) is 12.0. The third-order valence-electron chi connectivity index (χ3n) is 2.12. The van der Waals surface area contributed by atoms with Gasteiger partial charge in [0.1, 0.15) is 12.0 Å². The first-order valence-corrected chi connectivity index (χ1v) is 4.93. The fourth-order valence-electron chi connectivity index (χ4n) is 1.35. The first-order valence-electron chi connectivity index (χ1n) is 4.93. The summed E-state index contributed by atoms with van der Waals surface area (Å²) in [6, 6.07) is 5.17. The molecular formula is C12H14O4. The van der Waals surface area contributed by atoms with E-state index in [2.05, 4.69) is 0 Å². The van der Waals surface area contributed by atoms with E-state index < -0.39 is 0 Å². The normalized spacial score (nSPS) is 9.62. The SMILES string of the molecule is COc1cc(C=O)ccc1CCOC(C)=O. The van der Waals surface area contributed by atoms with Crippen molar-refractivity contribution in [2.45, 2.75) is 13.3 Å². The van der Waals surface area contributed by atoms with E-state index >= 15 is 0 Å². The highest BCUT2D eigenvalue weighted by Crippen LogP contribution is 2.20. The van der Waals surface area contributed by atoms with Gasteiger partial charge in [0.2, 0.25) is 0 Å². The molecule has 1 rings (SSSR count). The van der Waals surface area contributed by atoms with E-state index in [0.717, 1.165) is 11.8 Å². The number of carbonyl (C=O) groups is 2. The van der Waals surface area contributed by atoms with Crippen LogP contribution in [0.25, 0.3) is 0 Å². The molecule has 0 bridgehead atoms. The van der Waals surface area contributed by atoms with Crippen molar-refractivity contribution >= 4 is 12.3 Å². The van der Waals surface area contributed by atoms with Crippen LogP contribution >= 0.6 is 0 Å². The molecule has 0 heterocycles. The molecule has 1 aromatic rings. The maximum absolute atomic E-state index is 10.6. The summed E-state index contributed by atoms with van der Waals surface area (Å²) < 4.78 is 9.98. The van der Waals surface area contributed by atoms with Gasteiger partial charge in [-0.05, 0) is 11.6 Å². The van der Waals surface area contributed by atoms with Crippen LogP contribution in [-0.4, -0.2) is 26.0 Å². The number of hydrogen-bond donors (Lipinski definition) is 0. The molecule has 0 aliphatic carbocycles. The predicted molar refractivity (Wildman–Crippen MR) is 58.7 cm³/mol. The Morgan fingerprint density at radius 1 is 1.44 bits per heavy atom. The minimum atomic E-state index is -0.302. The zero-order valence-electron chi connectivity index (χ0n) is 9.36. The molecule has 0 aliphatic rings. The van der Waals surface area contributed by atoms with E-state index in [9.17, 15) is 9.59 Å². The summed E-state index contributed by atoms with van der Waals surface area (Å²) in [6.45, 7) is 1.68. The van der Waals surface area contributed by atoms with Crippen molar-refractivity contribution in [3.8, 4) is 5.75 Å².